The number of piperidine rings is 1. The summed E-state index contributed by atoms with van der Waals surface area (Å²) in [7, 11) is 0. The Morgan fingerprint density at radius 2 is 2.14 bits per heavy atom. The topological polar surface area (TPSA) is 45.2 Å². The van der Waals surface area contributed by atoms with Crippen LogP contribution in [0.25, 0.3) is 0 Å². The highest BCUT2D eigenvalue weighted by molar-refractivity contribution is 14.1. The molecule has 0 atom stereocenters. The number of carbonyl (C=O) groups excluding carboxylic acids is 1. The van der Waals surface area contributed by atoms with Crippen LogP contribution in [0.5, 0.6) is 0 Å². The molecule has 1 aliphatic rings. The molecule has 1 amide bonds. The van der Waals surface area contributed by atoms with E-state index in [0.29, 0.717) is 10.7 Å². The van der Waals surface area contributed by atoms with Gasteiger partial charge in [0.05, 0.1) is 5.69 Å². The van der Waals surface area contributed by atoms with Gasteiger partial charge in [-0.2, -0.15) is 0 Å². The van der Waals surface area contributed by atoms with Gasteiger partial charge in [0.1, 0.15) is 0 Å². The van der Waals surface area contributed by atoms with Crippen LogP contribution in [0.2, 0.25) is 0 Å². The maximum atomic E-state index is 12.2. The zero-order valence-corrected chi connectivity index (χ0v) is 15.2. The van der Waals surface area contributed by atoms with Gasteiger partial charge in [0.2, 0.25) is 0 Å². The molecule has 0 spiro atoms. The lowest BCUT2D eigenvalue weighted by Gasteiger charge is -2.25. The highest BCUT2D eigenvalue weighted by Gasteiger charge is 2.13. The van der Waals surface area contributed by atoms with Gasteiger partial charge in [0.25, 0.3) is 5.91 Å². The van der Waals surface area contributed by atoms with Gasteiger partial charge in [-0.05, 0) is 66.7 Å². The summed E-state index contributed by atoms with van der Waals surface area (Å²) in [5.74, 6) is -0.0996. The third-order valence-electron chi connectivity index (χ3n) is 3.69. The Labute approximate surface area is 148 Å². The second kappa shape index (κ2) is 7.52. The van der Waals surface area contributed by atoms with Crippen molar-refractivity contribution in [3.8, 4) is 0 Å². The fraction of sp³-hybridized carbons (Fsp3) is 0.375. The van der Waals surface area contributed by atoms with Crippen molar-refractivity contribution in [3.63, 3.8) is 0 Å². The summed E-state index contributed by atoms with van der Waals surface area (Å²) in [6, 6.07) is 7.55. The number of nitrogens with zero attached hydrogens (tertiary/aromatic N) is 2. The maximum absolute atomic E-state index is 12.2. The van der Waals surface area contributed by atoms with Gasteiger partial charge >= 0.3 is 0 Å². The van der Waals surface area contributed by atoms with Crippen LogP contribution in [0.4, 0.5) is 5.13 Å². The van der Waals surface area contributed by atoms with Gasteiger partial charge in [0, 0.05) is 21.1 Å². The van der Waals surface area contributed by atoms with E-state index in [2.05, 4.69) is 37.8 Å². The number of halogens is 1. The van der Waals surface area contributed by atoms with Crippen LogP contribution in [-0.4, -0.2) is 28.9 Å². The quantitative estimate of drug-likeness (QED) is 0.751. The number of thiazole rings is 1. The molecule has 1 aromatic carbocycles. The van der Waals surface area contributed by atoms with E-state index in [9.17, 15) is 4.79 Å². The molecule has 1 fully saturated rings. The predicted octanol–water partition coefficient (Wildman–Crippen LogP) is 3.99. The second-order valence-corrected chi connectivity index (χ2v) is 7.55. The van der Waals surface area contributed by atoms with Gasteiger partial charge in [-0.3, -0.25) is 15.0 Å². The SMILES string of the molecule is O=C(Nc1nc(CN2CCCCC2)cs1)c1cccc(I)c1. The van der Waals surface area contributed by atoms with E-state index in [0.717, 1.165) is 28.9 Å². The highest BCUT2D eigenvalue weighted by atomic mass is 127. The number of benzene rings is 1. The van der Waals surface area contributed by atoms with Crippen molar-refractivity contribution in [2.75, 3.05) is 18.4 Å². The molecule has 2 aromatic rings. The summed E-state index contributed by atoms with van der Waals surface area (Å²) in [5, 5.41) is 5.61. The standard InChI is InChI=1S/C16H18IN3OS/c17-13-6-4-5-12(9-13)15(21)19-16-18-14(11-22-16)10-20-7-2-1-3-8-20/h4-6,9,11H,1-3,7-8,10H2,(H,18,19,21). The number of rotatable bonds is 4. The monoisotopic (exact) mass is 427 g/mol. The van der Waals surface area contributed by atoms with Crippen LogP contribution in [-0.2, 0) is 6.54 Å². The minimum atomic E-state index is -0.0996. The van der Waals surface area contributed by atoms with Crippen molar-refractivity contribution in [3.05, 3.63) is 44.5 Å². The van der Waals surface area contributed by atoms with Crippen molar-refractivity contribution in [2.24, 2.45) is 0 Å². The van der Waals surface area contributed by atoms with Crippen molar-refractivity contribution >= 4 is 45.0 Å². The van der Waals surface area contributed by atoms with Gasteiger partial charge in [-0.15, -0.1) is 11.3 Å². The van der Waals surface area contributed by atoms with E-state index in [-0.39, 0.29) is 5.91 Å². The van der Waals surface area contributed by atoms with Crippen LogP contribution in [0.15, 0.2) is 29.6 Å². The lowest BCUT2D eigenvalue weighted by atomic mass is 10.1. The lowest BCUT2D eigenvalue weighted by Crippen LogP contribution is -2.29. The maximum Gasteiger partial charge on any atom is 0.257 e. The first-order chi connectivity index (χ1) is 10.7. The van der Waals surface area contributed by atoms with Crippen LogP contribution in [0.3, 0.4) is 0 Å². The second-order valence-electron chi connectivity index (χ2n) is 5.45. The number of hydrogen-bond donors (Lipinski definition) is 1. The Kier molecular flexibility index (Phi) is 5.43. The largest absolute Gasteiger partial charge is 0.298 e. The summed E-state index contributed by atoms with van der Waals surface area (Å²) >= 11 is 3.70. The Hall–Kier alpha value is -0.990. The molecule has 2 heterocycles. The molecule has 22 heavy (non-hydrogen) atoms. The molecule has 116 valence electrons. The van der Waals surface area contributed by atoms with Crippen LogP contribution in [0, 0.1) is 3.57 Å². The fourth-order valence-corrected chi connectivity index (χ4v) is 3.82. The Balaban J connectivity index is 1.60. The molecule has 0 radical (unpaired) electrons. The Morgan fingerprint density at radius 3 is 2.91 bits per heavy atom. The number of hydrogen-bond acceptors (Lipinski definition) is 4. The Morgan fingerprint density at radius 1 is 1.32 bits per heavy atom. The molecule has 1 aliphatic heterocycles. The van der Waals surface area contributed by atoms with Crippen LogP contribution in [0.1, 0.15) is 35.3 Å². The number of anilines is 1. The third kappa shape index (κ3) is 4.27. The molecular weight excluding hydrogens is 409 g/mol. The van der Waals surface area contributed by atoms with E-state index in [1.165, 1.54) is 30.6 Å². The Bertz CT molecular complexity index is 652. The van der Waals surface area contributed by atoms with Crippen LogP contribution >= 0.6 is 33.9 Å². The van der Waals surface area contributed by atoms with Crippen molar-refractivity contribution < 1.29 is 4.79 Å². The number of amides is 1. The highest BCUT2D eigenvalue weighted by Crippen LogP contribution is 2.20. The molecule has 1 aromatic heterocycles. The minimum Gasteiger partial charge on any atom is -0.298 e. The average Bonchev–Trinajstić information content (AvgIpc) is 2.95. The fourth-order valence-electron chi connectivity index (χ4n) is 2.58. The molecular formula is C16H18IN3OS. The zero-order valence-electron chi connectivity index (χ0n) is 12.2. The molecule has 3 rings (SSSR count). The summed E-state index contributed by atoms with van der Waals surface area (Å²) < 4.78 is 1.05. The summed E-state index contributed by atoms with van der Waals surface area (Å²) in [6.45, 7) is 3.19. The summed E-state index contributed by atoms with van der Waals surface area (Å²) in [5.41, 5.74) is 1.71. The number of carbonyl (C=O) groups is 1. The normalized spacial score (nSPS) is 15.7. The van der Waals surface area contributed by atoms with E-state index in [1.807, 2.05) is 29.6 Å². The van der Waals surface area contributed by atoms with E-state index >= 15 is 0 Å². The lowest BCUT2D eigenvalue weighted by molar-refractivity contribution is 0.102. The number of nitrogens with one attached hydrogen (secondary N) is 1. The summed E-state index contributed by atoms with van der Waals surface area (Å²) in [4.78, 5) is 19.2. The van der Waals surface area contributed by atoms with Crippen LogP contribution < -0.4 is 5.32 Å². The van der Waals surface area contributed by atoms with Gasteiger partial charge in [0.15, 0.2) is 5.13 Å². The molecule has 6 heteroatoms. The predicted molar refractivity (Wildman–Crippen MR) is 98.4 cm³/mol. The number of aromatic nitrogens is 1. The molecule has 0 aliphatic carbocycles. The third-order valence-corrected chi connectivity index (χ3v) is 5.17. The first kappa shape index (κ1) is 15.9. The van der Waals surface area contributed by atoms with E-state index in [1.54, 1.807) is 0 Å². The average molecular weight is 427 g/mol. The van der Waals surface area contributed by atoms with Gasteiger partial charge < -0.3 is 0 Å². The van der Waals surface area contributed by atoms with Gasteiger partial charge in [-0.1, -0.05) is 12.5 Å². The van der Waals surface area contributed by atoms with Crippen molar-refractivity contribution in [1.82, 2.24) is 9.88 Å². The first-order valence-corrected chi connectivity index (χ1v) is 9.40. The molecule has 0 unspecified atom stereocenters. The van der Waals surface area contributed by atoms with E-state index in [4.69, 9.17) is 0 Å². The number of likely N-dealkylation sites (tertiary alicyclic amines) is 1. The molecule has 1 saturated heterocycles. The smallest absolute Gasteiger partial charge is 0.257 e. The zero-order chi connectivity index (χ0) is 15.4. The van der Waals surface area contributed by atoms with E-state index < -0.39 is 0 Å². The minimum absolute atomic E-state index is 0.0996. The first-order valence-electron chi connectivity index (χ1n) is 7.44. The molecule has 4 nitrogen and oxygen atoms in total. The van der Waals surface area contributed by atoms with Gasteiger partial charge in [-0.25, -0.2) is 4.98 Å². The molecule has 0 bridgehead atoms. The van der Waals surface area contributed by atoms with Crippen molar-refractivity contribution in [1.29, 1.82) is 0 Å². The molecule has 1 N–H and O–H groups in total. The molecule has 0 saturated carbocycles. The summed E-state index contributed by atoms with van der Waals surface area (Å²) in [6.07, 6.45) is 3.89. The van der Waals surface area contributed by atoms with Crippen molar-refractivity contribution in [2.45, 2.75) is 25.8 Å².